The Morgan fingerprint density at radius 1 is 1.02 bits per heavy atom. The highest BCUT2D eigenvalue weighted by atomic mass is 35.5. The number of ether oxygens (including phenoxy) is 1. The van der Waals surface area contributed by atoms with E-state index in [1.807, 2.05) is 6.26 Å². The zero-order chi connectivity index (χ0) is 31.0. The van der Waals surface area contributed by atoms with Gasteiger partial charge in [0.25, 0.3) is 10.0 Å². The van der Waals surface area contributed by atoms with Crippen molar-refractivity contribution in [2.75, 3.05) is 23.7 Å². The second kappa shape index (κ2) is 15.0. The topological polar surface area (TPSA) is 96.0 Å². The van der Waals surface area contributed by atoms with Crippen molar-refractivity contribution in [3.8, 4) is 5.75 Å². The van der Waals surface area contributed by atoms with E-state index in [9.17, 15) is 18.0 Å². The van der Waals surface area contributed by atoms with Gasteiger partial charge < -0.3 is 15.0 Å². The molecule has 0 radical (unpaired) electrons. The van der Waals surface area contributed by atoms with E-state index in [-0.39, 0.29) is 29.1 Å². The molecule has 0 spiro atoms. The van der Waals surface area contributed by atoms with Gasteiger partial charge in [-0.05, 0) is 81.0 Å². The largest absolute Gasteiger partial charge is 0.492 e. The molecule has 1 aliphatic carbocycles. The van der Waals surface area contributed by atoms with E-state index in [0.717, 1.165) is 34.9 Å². The van der Waals surface area contributed by atoms with Gasteiger partial charge in [0.15, 0.2) is 0 Å². The third-order valence-electron chi connectivity index (χ3n) is 7.53. The molecule has 4 rings (SSSR count). The number of rotatable bonds is 13. The Bertz CT molecular complexity index is 1510. The lowest BCUT2D eigenvalue weighted by Crippen LogP contribution is -2.52. The van der Waals surface area contributed by atoms with Crippen LogP contribution in [0.15, 0.2) is 82.6 Å². The number of carbonyl (C=O) groups is 2. The number of nitrogens with zero attached hydrogens (tertiary/aromatic N) is 2. The smallest absolute Gasteiger partial charge is 0.264 e. The lowest BCUT2D eigenvalue weighted by Gasteiger charge is -2.33. The quantitative estimate of drug-likeness (QED) is 0.225. The van der Waals surface area contributed by atoms with Gasteiger partial charge in [0, 0.05) is 22.5 Å². The number of carbonyl (C=O) groups excluding carboxylic acids is 2. The maximum Gasteiger partial charge on any atom is 0.264 e. The molecule has 0 aliphatic heterocycles. The Hall–Kier alpha value is -3.21. The zero-order valence-corrected chi connectivity index (χ0v) is 27.1. The van der Waals surface area contributed by atoms with Gasteiger partial charge in [-0.1, -0.05) is 54.8 Å². The SMILES string of the molecule is CCOc1ccccc1N(CC(=O)N(Cc1ccccc1Cl)[C@H](C)C(=O)NC1CCCC1)S(=O)(=O)c1ccc(SC)cc1. The molecule has 8 nitrogen and oxygen atoms in total. The van der Waals surface area contributed by atoms with E-state index in [0.29, 0.717) is 22.9 Å². The van der Waals surface area contributed by atoms with Crippen molar-refractivity contribution in [1.29, 1.82) is 0 Å². The molecular weight excluding hydrogens is 606 g/mol. The van der Waals surface area contributed by atoms with Gasteiger partial charge in [-0.15, -0.1) is 11.8 Å². The summed E-state index contributed by atoms with van der Waals surface area (Å²) in [6.07, 6.45) is 5.79. The van der Waals surface area contributed by atoms with Gasteiger partial charge >= 0.3 is 0 Å². The summed E-state index contributed by atoms with van der Waals surface area (Å²) >= 11 is 7.96. The van der Waals surface area contributed by atoms with Crippen molar-refractivity contribution in [3.05, 3.63) is 83.4 Å². The fourth-order valence-electron chi connectivity index (χ4n) is 5.11. The molecule has 0 unspecified atom stereocenters. The molecule has 0 bridgehead atoms. The van der Waals surface area contributed by atoms with Crippen molar-refractivity contribution >= 4 is 50.9 Å². The minimum atomic E-state index is -4.22. The second-order valence-electron chi connectivity index (χ2n) is 10.4. The molecule has 1 aliphatic rings. The normalized spacial score (nSPS) is 14.2. The Labute approximate surface area is 263 Å². The summed E-state index contributed by atoms with van der Waals surface area (Å²) in [6.45, 7) is 3.24. The van der Waals surface area contributed by atoms with Crippen LogP contribution in [0.1, 0.15) is 45.1 Å². The molecule has 43 heavy (non-hydrogen) atoms. The van der Waals surface area contributed by atoms with Gasteiger partial charge in [0.1, 0.15) is 18.3 Å². The summed E-state index contributed by atoms with van der Waals surface area (Å²) in [4.78, 5) is 30.0. The first-order valence-corrected chi connectivity index (χ1v) is 17.4. The molecule has 3 aromatic carbocycles. The van der Waals surface area contributed by atoms with Gasteiger partial charge in [0.05, 0.1) is 17.2 Å². The van der Waals surface area contributed by atoms with E-state index in [2.05, 4.69) is 5.32 Å². The highest BCUT2D eigenvalue weighted by molar-refractivity contribution is 7.98. The van der Waals surface area contributed by atoms with Crippen molar-refractivity contribution in [1.82, 2.24) is 10.2 Å². The molecule has 1 saturated carbocycles. The lowest BCUT2D eigenvalue weighted by atomic mass is 10.1. The van der Waals surface area contributed by atoms with Crippen molar-refractivity contribution < 1.29 is 22.7 Å². The number of thioether (sulfide) groups is 1. The predicted molar refractivity (Wildman–Crippen MR) is 172 cm³/mol. The van der Waals surface area contributed by atoms with Gasteiger partial charge in [-0.2, -0.15) is 0 Å². The van der Waals surface area contributed by atoms with Crippen LogP contribution >= 0.6 is 23.4 Å². The Balaban J connectivity index is 1.73. The molecule has 1 N–H and O–H groups in total. The minimum absolute atomic E-state index is 0.0289. The number of amides is 2. The molecule has 0 aromatic heterocycles. The number of anilines is 1. The van der Waals surface area contributed by atoms with E-state index in [1.54, 1.807) is 74.5 Å². The first-order chi connectivity index (χ1) is 20.6. The first-order valence-electron chi connectivity index (χ1n) is 14.4. The van der Waals surface area contributed by atoms with Crippen LogP contribution in [-0.2, 0) is 26.2 Å². The van der Waals surface area contributed by atoms with Gasteiger partial charge in [-0.25, -0.2) is 8.42 Å². The van der Waals surface area contributed by atoms with Crippen LogP contribution in [0.2, 0.25) is 5.02 Å². The zero-order valence-electron chi connectivity index (χ0n) is 24.7. The summed E-state index contributed by atoms with van der Waals surface area (Å²) in [5.41, 5.74) is 0.877. The number of para-hydroxylation sites is 2. The number of halogens is 1. The number of sulfonamides is 1. The molecular formula is C32H38ClN3O5S2. The lowest BCUT2D eigenvalue weighted by molar-refractivity contribution is -0.139. The van der Waals surface area contributed by atoms with E-state index < -0.39 is 28.5 Å². The van der Waals surface area contributed by atoms with Gasteiger partial charge in [0.2, 0.25) is 11.8 Å². The highest BCUT2D eigenvalue weighted by Crippen LogP contribution is 2.33. The predicted octanol–water partition coefficient (Wildman–Crippen LogP) is 6.13. The Morgan fingerprint density at radius 2 is 1.67 bits per heavy atom. The summed E-state index contributed by atoms with van der Waals surface area (Å²) in [5.74, 6) is -0.513. The third kappa shape index (κ3) is 8.04. The van der Waals surface area contributed by atoms with E-state index in [1.165, 1.54) is 28.8 Å². The van der Waals surface area contributed by atoms with Crippen LogP contribution in [0.25, 0.3) is 0 Å². The van der Waals surface area contributed by atoms with Crippen LogP contribution in [0.4, 0.5) is 5.69 Å². The Morgan fingerprint density at radius 3 is 2.33 bits per heavy atom. The molecule has 230 valence electrons. The van der Waals surface area contributed by atoms with E-state index >= 15 is 0 Å². The van der Waals surface area contributed by atoms with Crippen molar-refractivity contribution in [2.45, 2.75) is 68.0 Å². The third-order valence-corrected chi connectivity index (χ3v) is 10.4. The fraction of sp³-hybridized carbons (Fsp3) is 0.375. The molecule has 1 atom stereocenters. The van der Waals surface area contributed by atoms with Crippen LogP contribution in [0.5, 0.6) is 5.75 Å². The number of hydrogen-bond donors (Lipinski definition) is 1. The minimum Gasteiger partial charge on any atom is -0.492 e. The van der Waals surface area contributed by atoms with Crippen molar-refractivity contribution in [3.63, 3.8) is 0 Å². The average molecular weight is 644 g/mol. The van der Waals surface area contributed by atoms with Crippen LogP contribution < -0.4 is 14.4 Å². The average Bonchev–Trinajstić information content (AvgIpc) is 3.52. The van der Waals surface area contributed by atoms with Gasteiger partial charge in [-0.3, -0.25) is 13.9 Å². The highest BCUT2D eigenvalue weighted by Gasteiger charge is 2.34. The van der Waals surface area contributed by atoms with Crippen LogP contribution in [-0.4, -0.2) is 56.6 Å². The molecule has 3 aromatic rings. The Kier molecular flexibility index (Phi) is 11.4. The summed E-state index contributed by atoms with van der Waals surface area (Å²) in [5, 5.41) is 3.52. The summed E-state index contributed by atoms with van der Waals surface area (Å²) in [7, 11) is -4.22. The first kappa shape index (κ1) is 32.7. The molecule has 1 fully saturated rings. The van der Waals surface area contributed by atoms with Crippen molar-refractivity contribution in [2.24, 2.45) is 0 Å². The van der Waals surface area contributed by atoms with Crippen LogP contribution in [0.3, 0.4) is 0 Å². The fourth-order valence-corrected chi connectivity index (χ4v) is 7.14. The molecule has 0 heterocycles. The number of nitrogens with one attached hydrogen (secondary N) is 1. The maximum atomic E-state index is 14.2. The standard InChI is InChI=1S/C32H38ClN3O5S2/c1-4-41-30-16-10-9-15-29(30)36(43(39,40)27-19-17-26(42-3)18-20-27)22-31(37)35(21-24-11-5-8-14-28(24)33)23(2)32(38)34-25-12-6-7-13-25/h5,8-11,14-20,23,25H,4,6-7,12-13,21-22H2,1-3H3,(H,34,38)/t23-/m1/s1. The molecule has 0 saturated heterocycles. The second-order valence-corrected chi connectivity index (χ2v) is 13.5. The number of hydrogen-bond acceptors (Lipinski definition) is 6. The van der Waals surface area contributed by atoms with Crippen LogP contribution in [0, 0.1) is 0 Å². The van der Waals surface area contributed by atoms with E-state index in [4.69, 9.17) is 16.3 Å². The molecule has 11 heteroatoms. The number of benzene rings is 3. The molecule has 2 amide bonds. The maximum absolute atomic E-state index is 14.2. The summed E-state index contributed by atoms with van der Waals surface area (Å²) < 4.78 is 35.2. The monoisotopic (exact) mass is 643 g/mol. The summed E-state index contributed by atoms with van der Waals surface area (Å²) in [6, 6.07) is 19.5.